The van der Waals surface area contributed by atoms with Crippen molar-refractivity contribution in [3.05, 3.63) is 35.4 Å². The van der Waals surface area contributed by atoms with Gasteiger partial charge in [0, 0.05) is 26.6 Å². The molecule has 0 unspecified atom stereocenters. The first-order valence-electron chi connectivity index (χ1n) is 7.24. The molecule has 21 heavy (non-hydrogen) atoms. The molecular formula is C16H21NO4. The summed E-state index contributed by atoms with van der Waals surface area (Å²) >= 11 is 0. The van der Waals surface area contributed by atoms with E-state index in [0.717, 1.165) is 31.4 Å². The number of nitrogens with zero attached hydrogens (tertiary/aromatic N) is 1. The van der Waals surface area contributed by atoms with Crippen molar-refractivity contribution in [2.75, 3.05) is 13.7 Å². The Morgan fingerprint density at radius 3 is 2.62 bits per heavy atom. The molecule has 1 saturated heterocycles. The number of aromatic carboxylic acids is 1. The second-order valence-corrected chi connectivity index (χ2v) is 5.43. The fraction of sp³-hybridized carbons (Fsp3) is 0.500. The van der Waals surface area contributed by atoms with Crippen molar-refractivity contribution in [1.82, 2.24) is 4.90 Å². The highest BCUT2D eigenvalue weighted by atomic mass is 16.5. The number of ether oxygens (including phenoxy) is 1. The van der Waals surface area contributed by atoms with Crippen molar-refractivity contribution in [2.45, 2.75) is 38.3 Å². The van der Waals surface area contributed by atoms with Crippen LogP contribution >= 0.6 is 0 Å². The summed E-state index contributed by atoms with van der Waals surface area (Å²) in [6.07, 6.45) is 3.64. The summed E-state index contributed by atoms with van der Waals surface area (Å²) < 4.78 is 5.51. The zero-order valence-corrected chi connectivity index (χ0v) is 12.2. The number of carboxylic acids is 1. The second-order valence-electron chi connectivity index (χ2n) is 5.43. The quantitative estimate of drug-likeness (QED) is 0.873. The number of hydrogen-bond acceptors (Lipinski definition) is 3. The molecule has 1 aromatic carbocycles. The Kier molecular flexibility index (Phi) is 5.33. The molecule has 5 heteroatoms. The van der Waals surface area contributed by atoms with Crippen LogP contribution in [-0.2, 0) is 16.1 Å². The topological polar surface area (TPSA) is 66.8 Å². The third kappa shape index (κ3) is 4.56. The van der Waals surface area contributed by atoms with E-state index in [4.69, 9.17) is 9.84 Å². The Bertz CT molecular complexity index is 492. The summed E-state index contributed by atoms with van der Waals surface area (Å²) in [5.41, 5.74) is 1.18. The molecule has 2 rings (SSSR count). The van der Waals surface area contributed by atoms with Gasteiger partial charge in [0.2, 0.25) is 5.91 Å². The molecule has 0 saturated carbocycles. The minimum Gasteiger partial charge on any atom is -0.478 e. The fourth-order valence-corrected chi connectivity index (χ4v) is 2.46. The standard InChI is InChI=1S/C16H21NO4/c1-17(15(18)9-8-14-3-2-10-21-14)11-12-4-6-13(7-5-12)16(19)20/h4-7,14H,2-3,8-11H2,1H3,(H,19,20)/t14-/m1/s1. The summed E-state index contributed by atoms with van der Waals surface area (Å²) in [6.45, 7) is 1.30. The third-order valence-electron chi connectivity index (χ3n) is 3.75. The number of amides is 1. The molecule has 114 valence electrons. The number of benzene rings is 1. The summed E-state index contributed by atoms with van der Waals surface area (Å²) in [5.74, 6) is -0.852. The van der Waals surface area contributed by atoms with Crippen LogP contribution in [0.5, 0.6) is 0 Å². The summed E-state index contributed by atoms with van der Waals surface area (Å²) in [7, 11) is 1.77. The van der Waals surface area contributed by atoms with Gasteiger partial charge in [0.05, 0.1) is 11.7 Å². The molecule has 0 aromatic heterocycles. The van der Waals surface area contributed by atoms with Crippen LogP contribution in [0.25, 0.3) is 0 Å². The van der Waals surface area contributed by atoms with Gasteiger partial charge in [-0.15, -0.1) is 0 Å². The van der Waals surface area contributed by atoms with Gasteiger partial charge in [0.25, 0.3) is 0 Å². The van der Waals surface area contributed by atoms with E-state index in [9.17, 15) is 9.59 Å². The molecule has 0 aliphatic carbocycles. The van der Waals surface area contributed by atoms with Gasteiger partial charge >= 0.3 is 5.97 Å². The number of carbonyl (C=O) groups excluding carboxylic acids is 1. The molecule has 1 aromatic rings. The molecule has 0 spiro atoms. The zero-order valence-electron chi connectivity index (χ0n) is 12.2. The number of carbonyl (C=O) groups is 2. The Morgan fingerprint density at radius 1 is 1.33 bits per heavy atom. The molecule has 5 nitrogen and oxygen atoms in total. The van der Waals surface area contributed by atoms with Crippen molar-refractivity contribution in [1.29, 1.82) is 0 Å². The van der Waals surface area contributed by atoms with Gasteiger partial charge in [-0.1, -0.05) is 12.1 Å². The van der Waals surface area contributed by atoms with Crippen molar-refractivity contribution in [3.63, 3.8) is 0 Å². The molecule has 1 heterocycles. The molecule has 0 radical (unpaired) electrons. The van der Waals surface area contributed by atoms with Crippen LogP contribution in [0.2, 0.25) is 0 Å². The molecule has 1 N–H and O–H groups in total. The monoisotopic (exact) mass is 291 g/mol. The Balaban J connectivity index is 1.80. The first-order chi connectivity index (χ1) is 10.1. The number of carboxylic acid groups (broad SMARTS) is 1. The number of rotatable bonds is 6. The van der Waals surface area contributed by atoms with E-state index < -0.39 is 5.97 Å². The lowest BCUT2D eigenvalue weighted by molar-refractivity contribution is -0.131. The lowest BCUT2D eigenvalue weighted by atomic mass is 10.1. The fourth-order valence-electron chi connectivity index (χ4n) is 2.46. The summed E-state index contributed by atoms with van der Waals surface area (Å²) in [5, 5.41) is 8.84. The van der Waals surface area contributed by atoms with E-state index in [2.05, 4.69) is 0 Å². The Hall–Kier alpha value is -1.88. The number of hydrogen-bond donors (Lipinski definition) is 1. The normalized spacial score (nSPS) is 17.7. The van der Waals surface area contributed by atoms with E-state index in [0.29, 0.717) is 13.0 Å². The maximum absolute atomic E-state index is 12.1. The van der Waals surface area contributed by atoms with Gasteiger partial charge in [0.15, 0.2) is 0 Å². The molecule has 1 atom stereocenters. The lowest BCUT2D eigenvalue weighted by Crippen LogP contribution is -2.27. The van der Waals surface area contributed by atoms with Gasteiger partial charge < -0.3 is 14.7 Å². The average molecular weight is 291 g/mol. The van der Waals surface area contributed by atoms with E-state index >= 15 is 0 Å². The largest absolute Gasteiger partial charge is 0.478 e. The third-order valence-corrected chi connectivity index (χ3v) is 3.75. The van der Waals surface area contributed by atoms with E-state index in [1.165, 1.54) is 0 Å². The van der Waals surface area contributed by atoms with E-state index in [1.54, 1.807) is 36.2 Å². The highest BCUT2D eigenvalue weighted by Gasteiger charge is 2.18. The molecular weight excluding hydrogens is 270 g/mol. The van der Waals surface area contributed by atoms with Crippen molar-refractivity contribution < 1.29 is 19.4 Å². The second kappa shape index (κ2) is 7.22. The van der Waals surface area contributed by atoms with E-state index in [-0.39, 0.29) is 17.6 Å². The maximum atomic E-state index is 12.1. The maximum Gasteiger partial charge on any atom is 0.335 e. The van der Waals surface area contributed by atoms with Gasteiger partial charge in [-0.2, -0.15) is 0 Å². The van der Waals surface area contributed by atoms with Crippen LogP contribution in [-0.4, -0.2) is 41.6 Å². The minimum atomic E-state index is -0.942. The van der Waals surface area contributed by atoms with Gasteiger partial charge in [-0.05, 0) is 37.0 Å². The van der Waals surface area contributed by atoms with Crippen LogP contribution in [0, 0.1) is 0 Å². The van der Waals surface area contributed by atoms with Crippen molar-refractivity contribution in [3.8, 4) is 0 Å². The van der Waals surface area contributed by atoms with Crippen LogP contribution in [0.1, 0.15) is 41.6 Å². The van der Waals surface area contributed by atoms with E-state index in [1.807, 2.05) is 0 Å². The highest BCUT2D eigenvalue weighted by Crippen LogP contribution is 2.17. The smallest absolute Gasteiger partial charge is 0.335 e. The molecule has 1 amide bonds. The van der Waals surface area contributed by atoms with Crippen molar-refractivity contribution in [2.24, 2.45) is 0 Å². The first kappa shape index (κ1) is 15.5. The van der Waals surface area contributed by atoms with Crippen molar-refractivity contribution >= 4 is 11.9 Å². The summed E-state index contributed by atoms with van der Waals surface area (Å²) in [6, 6.07) is 6.60. The zero-order chi connectivity index (χ0) is 15.2. The SMILES string of the molecule is CN(Cc1ccc(C(=O)O)cc1)C(=O)CC[C@H]1CCCO1. The molecule has 1 fully saturated rings. The highest BCUT2D eigenvalue weighted by molar-refractivity contribution is 5.87. The summed E-state index contributed by atoms with van der Waals surface area (Å²) in [4.78, 5) is 24.5. The average Bonchev–Trinajstić information content (AvgIpc) is 2.98. The van der Waals surface area contributed by atoms with Crippen LogP contribution in [0.4, 0.5) is 0 Å². The molecule has 1 aliphatic heterocycles. The Labute approximate surface area is 124 Å². The Morgan fingerprint density at radius 2 is 2.05 bits per heavy atom. The molecule has 1 aliphatic rings. The van der Waals surface area contributed by atoms with Crippen LogP contribution < -0.4 is 0 Å². The van der Waals surface area contributed by atoms with Crippen LogP contribution in [0.15, 0.2) is 24.3 Å². The van der Waals surface area contributed by atoms with Gasteiger partial charge in [0.1, 0.15) is 0 Å². The predicted molar refractivity (Wildman–Crippen MR) is 78.1 cm³/mol. The predicted octanol–water partition coefficient (Wildman–Crippen LogP) is 2.30. The minimum absolute atomic E-state index is 0.0906. The lowest BCUT2D eigenvalue weighted by Gasteiger charge is -2.18. The van der Waals surface area contributed by atoms with Gasteiger partial charge in [-0.25, -0.2) is 4.79 Å². The first-order valence-corrected chi connectivity index (χ1v) is 7.24. The van der Waals surface area contributed by atoms with Gasteiger partial charge in [-0.3, -0.25) is 4.79 Å². The van der Waals surface area contributed by atoms with Crippen LogP contribution in [0.3, 0.4) is 0 Å². The molecule has 0 bridgehead atoms.